The van der Waals surface area contributed by atoms with Gasteiger partial charge in [0, 0.05) is 48.6 Å². The van der Waals surface area contributed by atoms with E-state index in [1.807, 2.05) is 35.2 Å². The first-order valence-corrected chi connectivity index (χ1v) is 13.7. The number of β-amino-alcohol motifs (C(OH)–C–C–N with tert-alkyl or cyclic N) is 1. The van der Waals surface area contributed by atoms with Crippen molar-refractivity contribution in [1.82, 2.24) is 15.5 Å². The number of nitrogens with one attached hydrogen (secondary N) is 2. The van der Waals surface area contributed by atoms with Crippen LogP contribution in [0.25, 0.3) is 0 Å². The molecule has 3 heterocycles. The average molecular weight is 488 g/mol. The summed E-state index contributed by atoms with van der Waals surface area (Å²) in [5.74, 6) is 1.38. The summed E-state index contributed by atoms with van der Waals surface area (Å²) in [4.78, 5) is 28.8. The third-order valence-electron chi connectivity index (χ3n) is 9.25. The minimum absolute atomic E-state index is 0.0362. The molecule has 6 nitrogen and oxygen atoms in total. The molecule has 4 unspecified atom stereocenters. The van der Waals surface area contributed by atoms with Gasteiger partial charge in [0.15, 0.2) is 5.78 Å². The summed E-state index contributed by atoms with van der Waals surface area (Å²) in [6.07, 6.45) is 3.27. The highest BCUT2D eigenvalue weighted by molar-refractivity contribution is 6.02. The monoisotopic (exact) mass is 487 g/mol. The molecular formula is C30H37N3O3. The number of piperidine rings is 1. The molecule has 36 heavy (non-hydrogen) atoms. The Morgan fingerprint density at radius 2 is 1.86 bits per heavy atom. The molecule has 0 spiro atoms. The zero-order chi connectivity index (χ0) is 24.8. The molecule has 1 saturated carbocycles. The van der Waals surface area contributed by atoms with Gasteiger partial charge in [-0.05, 0) is 79.4 Å². The quantitative estimate of drug-likeness (QED) is 0.546. The zero-order valence-corrected chi connectivity index (χ0v) is 21.1. The van der Waals surface area contributed by atoms with Crippen molar-refractivity contribution in [1.29, 1.82) is 0 Å². The molecule has 2 fully saturated rings. The van der Waals surface area contributed by atoms with Crippen molar-refractivity contribution in [2.75, 3.05) is 26.2 Å². The van der Waals surface area contributed by atoms with Gasteiger partial charge in [0.05, 0.1) is 6.10 Å². The molecule has 2 bridgehead atoms. The van der Waals surface area contributed by atoms with Gasteiger partial charge < -0.3 is 20.6 Å². The summed E-state index contributed by atoms with van der Waals surface area (Å²) in [5, 5.41) is 18.0. The number of aliphatic hydroxyl groups excluding tert-OH is 1. The summed E-state index contributed by atoms with van der Waals surface area (Å²) >= 11 is 0. The second-order valence-electron chi connectivity index (χ2n) is 11.3. The molecule has 1 aliphatic carbocycles. The van der Waals surface area contributed by atoms with Crippen LogP contribution in [-0.2, 0) is 13.0 Å². The molecule has 0 radical (unpaired) electrons. The van der Waals surface area contributed by atoms with E-state index >= 15 is 0 Å². The lowest BCUT2D eigenvalue weighted by molar-refractivity contribution is 0.0484. The van der Waals surface area contributed by atoms with Gasteiger partial charge >= 0.3 is 0 Å². The van der Waals surface area contributed by atoms with Gasteiger partial charge in [-0.3, -0.25) is 9.59 Å². The lowest BCUT2D eigenvalue weighted by Gasteiger charge is -2.38. The fourth-order valence-electron chi connectivity index (χ4n) is 7.18. The van der Waals surface area contributed by atoms with Crippen molar-refractivity contribution in [3.05, 3.63) is 70.3 Å². The Bertz CT molecular complexity index is 1150. The number of aliphatic hydroxyl groups is 1. The van der Waals surface area contributed by atoms with Crippen LogP contribution in [0, 0.1) is 17.8 Å². The standard InChI is InChI=1S/C30H37N3O3/c1-2-18-16-33(17-27(34)26-12-19-5-3-4-6-21(19)15-32-26)30(36)24-10-9-20(11-25(18)24)29(35)28-22-7-8-23(28)14-31-13-22/h3-6,9-11,18,22-23,26-28,31-32,34H,2,7-8,12-17H2,1H3/t18?,22?,23?,26-,27?,28?/m0/s1. The van der Waals surface area contributed by atoms with E-state index in [4.69, 9.17) is 0 Å². The maximum absolute atomic E-state index is 13.5. The fraction of sp³-hybridized carbons (Fsp3) is 0.533. The van der Waals surface area contributed by atoms with E-state index in [-0.39, 0.29) is 29.6 Å². The van der Waals surface area contributed by atoms with Crippen LogP contribution in [0.3, 0.4) is 0 Å². The van der Waals surface area contributed by atoms with Crippen molar-refractivity contribution in [3.63, 3.8) is 0 Å². The third-order valence-corrected chi connectivity index (χ3v) is 9.25. The number of benzene rings is 2. The summed E-state index contributed by atoms with van der Waals surface area (Å²) in [7, 11) is 0. The van der Waals surface area contributed by atoms with Crippen molar-refractivity contribution in [2.45, 2.75) is 57.2 Å². The topological polar surface area (TPSA) is 81.7 Å². The molecule has 190 valence electrons. The Hall–Kier alpha value is -2.54. The molecule has 6 rings (SSSR count). The number of Topliss-reactive ketones (excluding diaryl/α,β-unsaturated/α-hetero) is 1. The van der Waals surface area contributed by atoms with E-state index in [0.29, 0.717) is 30.5 Å². The Morgan fingerprint density at radius 1 is 1.11 bits per heavy atom. The predicted molar refractivity (Wildman–Crippen MR) is 139 cm³/mol. The first-order chi connectivity index (χ1) is 17.5. The Morgan fingerprint density at radius 3 is 2.61 bits per heavy atom. The van der Waals surface area contributed by atoms with E-state index in [1.165, 1.54) is 11.1 Å². The van der Waals surface area contributed by atoms with Crippen LogP contribution in [0.5, 0.6) is 0 Å². The third kappa shape index (κ3) is 4.19. The molecule has 4 aliphatic rings. The second kappa shape index (κ2) is 9.73. The van der Waals surface area contributed by atoms with E-state index in [0.717, 1.165) is 56.4 Å². The number of amides is 1. The molecule has 3 N–H and O–H groups in total. The van der Waals surface area contributed by atoms with Crippen LogP contribution >= 0.6 is 0 Å². The van der Waals surface area contributed by atoms with Crippen molar-refractivity contribution < 1.29 is 14.7 Å². The number of fused-ring (bicyclic) bond motifs is 4. The van der Waals surface area contributed by atoms with Gasteiger partial charge in [-0.1, -0.05) is 37.3 Å². The SMILES string of the molecule is CCC1CN(CC(O)[C@@H]2Cc3ccccc3CN2)C(=O)c2ccc(C(=O)C3C4CCC3CNC4)cc21. The van der Waals surface area contributed by atoms with Crippen LogP contribution in [0.4, 0.5) is 0 Å². The van der Waals surface area contributed by atoms with Gasteiger partial charge in [0.2, 0.25) is 0 Å². The Balaban J connectivity index is 1.19. The Labute approximate surface area is 213 Å². The molecule has 3 aliphatic heterocycles. The molecule has 2 aromatic carbocycles. The van der Waals surface area contributed by atoms with Crippen LogP contribution in [0.1, 0.15) is 69.5 Å². The fourth-order valence-corrected chi connectivity index (χ4v) is 7.18. The van der Waals surface area contributed by atoms with Crippen LogP contribution in [0.2, 0.25) is 0 Å². The highest BCUT2D eigenvalue weighted by atomic mass is 16.3. The molecule has 5 atom stereocenters. The molecular weight excluding hydrogens is 450 g/mol. The highest BCUT2D eigenvalue weighted by Gasteiger charge is 2.43. The smallest absolute Gasteiger partial charge is 0.254 e. The maximum Gasteiger partial charge on any atom is 0.254 e. The number of carbonyl (C=O) groups is 2. The average Bonchev–Trinajstić information content (AvgIpc) is 3.16. The lowest BCUT2D eigenvalue weighted by atomic mass is 9.78. The summed E-state index contributed by atoms with van der Waals surface area (Å²) in [6.45, 7) is 5.65. The van der Waals surface area contributed by atoms with Crippen LogP contribution < -0.4 is 10.6 Å². The summed E-state index contributed by atoms with van der Waals surface area (Å²) in [5.41, 5.74) is 5.00. The predicted octanol–water partition coefficient (Wildman–Crippen LogP) is 3.14. The first-order valence-electron chi connectivity index (χ1n) is 13.7. The number of carbonyl (C=O) groups excluding carboxylic acids is 2. The van der Waals surface area contributed by atoms with E-state index in [1.54, 1.807) is 0 Å². The van der Waals surface area contributed by atoms with E-state index in [2.05, 4.69) is 29.7 Å². The Kier molecular flexibility index (Phi) is 6.44. The number of hydrogen-bond donors (Lipinski definition) is 3. The zero-order valence-electron chi connectivity index (χ0n) is 21.1. The number of rotatable bonds is 6. The summed E-state index contributed by atoms with van der Waals surface area (Å²) in [6, 6.07) is 14.0. The van der Waals surface area contributed by atoms with Crippen LogP contribution in [0.15, 0.2) is 42.5 Å². The van der Waals surface area contributed by atoms with Gasteiger partial charge in [0.25, 0.3) is 5.91 Å². The van der Waals surface area contributed by atoms with Gasteiger partial charge in [-0.2, -0.15) is 0 Å². The maximum atomic E-state index is 13.5. The normalized spacial score (nSPS) is 30.0. The van der Waals surface area contributed by atoms with E-state index in [9.17, 15) is 14.7 Å². The van der Waals surface area contributed by atoms with Crippen molar-refractivity contribution >= 4 is 11.7 Å². The van der Waals surface area contributed by atoms with Crippen molar-refractivity contribution in [2.24, 2.45) is 17.8 Å². The van der Waals surface area contributed by atoms with E-state index < -0.39 is 6.10 Å². The lowest BCUT2D eigenvalue weighted by Crippen LogP contribution is -2.52. The molecule has 0 aromatic heterocycles. The van der Waals surface area contributed by atoms with Gasteiger partial charge in [0.1, 0.15) is 0 Å². The largest absolute Gasteiger partial charge is 0.390 e. The van der Waals surface area contributed by atoms with Crippen molar-refractivity contribution in [3.8, 4) is 0 Å². The molecule has 6 heteroatoms. The number of nitrogens with zero attached hydrogens (tertiary/aromatic N) is 1. The minimum atomic E-state index is -0.641. The number of hydrogen-bond acceptors (Lipinski definition) is 5. The molecule has 1 amide bonds. The number of ketones is 1. The minimum Gasteiger partial charge on any atom is -0.390 e. The molecule has 1 saturated heterocycles. The molecule has 2 aromatic rings. The van der Waals surface area contributed by atoms with Gasteiger partial charge in [-0.15, -0.1) is 0 Å². The second-order valence-corrected chi connectivity index (χ2v) is 11.3. The first kappa shape index (κ1) is 23.8. The van der Waals surface area contributed by atoms with Crippen LogP contribution in [-0.4, -0.2) is 60.0 Å². The summed E-state index contributed by atoms with van der Waals surface area (Å²) < 4.78 is 0. The highest BCUT2D eigenvalue weighted by Crippen LogP contribution is 2.42. The van der Waals surface area contributed by atoms with Gasteiger partial charge in [-0.25, -0.2) is 0 Å².